The number of esters is 3. The summed E-state index contributed by atoms with van der Waals surface area (Å²) < 4.78 is 43.1. The topological polar surface area (TPSA) is 125 Å². The molecule has 0 aliphatic rings. The van der Waals surface area contributed by atoms with Crippen LogP contribution in [0.25, 0.3) is 0 Å². The smallest absolute Gasteiger partial charge is 0.337 e. The number of hydrogen-bond acceptors (Lipinski definition) is 8. The zero-order chi connectivity index (χ0) is 24.0. The van der Waals surface area contributed by atoms with E-state index >= 15 is 0 Å². The van der Waals surface area contributed by atoms with Gasteiger partial charge in [0.15, 0.2) is 0 Å². The maximum atomic E-state index is 12.9. The van der Waals surface area contributed by atoms with Crippen molar-refractivity contribution in [1.82, 2.24) is 4.72 Å². The Kier molecular flexibility index (Phi) is 8.77. The van der Waals surface area contributed by atoms with Crippen LogP contribution in [0.1, 0.15) is 64.7 Å². The molecule has 0 radical (unpaired) electrons. The Labute approximate surface area is 183 Å². The summed E-state index contributed by atoms with van der Waals surface area (Å²) in [6, 6.07) is 3.85. The molecule has 0 spiro atoms. The van der Waals surface area contributed by atoms with Crippen LogP contribution in [0, 0.1) is 0 Å². The monoisotopic (exact) mass is 457 g/mol. The first kappa shape index (κ1) is 26.6. The molecule has 0 unspecified atom stereocenters. The molecular formula is C21H31NO8S. The van der Waals surface area contributed by atoms with Gasteiger partial charge in [-0.3, -0.25) is 9.59 Å². The summed E-state index contributed by atoms with van der Waals surface area (Å²) in [6.07, 6.45) is -0.369. The van der Waals surface area contributed by atoms with Gasteiger partial charge in [0.05, 0.1) is 17.6 Å². The summed E-state index contributed by atoms with van der Waals surface area (Å²) in [4.78, 5) is 36.1. The first-order valence-corrected chi connectivity index (χ1v) is 11.2. The average Bonchev–Trinajstić information content (AvgIpc) is 2.61. The first-order chi connectivity index (χ1) is 14.0. The summed E-state index contributed by atoms with van der Waals surface area (Å²) in [6.45, 7) is 10.0. The quantitative estimate of drug-likeness (QED) is 0.466. The van der Waals surface area contributed by atoms with Gasteiger partial charge < -0.3 is 14.2 Å². The molecule has 1 N–H and O–H groups in total. The van der Waals surface area contributed by atoms with Crippen molar-refractivity contribution in [3.63, 3.8) is 0 Å². The lowest BCUT2D eigenvalue weighted by Crippen LogP contribution is -2.44. The maximum absolute atomic E-state index is 12.9. The van der Waals surface area contributed by atoms with E-state index in [-0.39, 0.29) is 23.3 Å². The zero-order valence-electron chi connectivity index (χ0n) is 19.0. The highest BCUT2D eigenvalue weighted by Gasteiger charge is 2.31. The van der Waals surface area contributed by atoms with Crippen LogP contribution in [0.5, 0.6) is 0 Å². The number of nitrogens with one attached hydrogen (secondary N) is 1. The lowest BCUT2D eigenvalue weighted by molar-refractivity contribution is -0.158. The number of benzene rings is 1. The lowest BCUT2D eigenvalue weighted by Gasteiger charge is -2.25. The second-order valence-corrected chi connectivity index (χ2v) is 10.6. The van der Waals surface area contributed by atoms with Gasteiger partial charge in [-0.2, -0.15) is 4.72 Å². The Hall–Kier alpha value is -2.46. The van der Waals surface area contributed by atoms with Gasteiger partial charge in [-0.05, 0) is 66.2 Å². The fraction of sp³-hybridized carbons (Fsp3) is 0.571. The number of carbonyl (C=O) groups is 3. The molecule has 1 aromatic carbocycles. The van der Waals surface area contributed by atoms with Crippen LogP contribution in [-0.4, -0.2) is 50.7 Å². The third-order valence-corrected chi connectivity index (χ3v) is 5.08. The van der Waals surface area contributed by atoms with Crippen molar-refractivity contribution in [1.29, 1.82) is 0 Å². The summed E-state index contributed by atoms with van der Waals surface area (Å²) in [5, 5.41) is 0. The molecule has 10 heteroatoms. The molecule has 0 fully saturated rings. The minimum absolute atomic E-state index is 0.0351. The van der Waals surface area contributed by atoms with Gasteiger partial charge in [0.1, 0.15) is 17.2 Å². The normalized spacial score (nSPS) is 13.3. The third-order valence-electron chi connectivity index (χ3n) is 3.61. The van der Waals surface area contributed by atoms with E-state index in [1.807, 2.05) is 0 Å². The van der Waals surface area contributed by atoms with Crippen LogP contribution in [-0.2, 0) is 33.8 Å². The van der Waals surface area contributed by atoms with Crippen molar-refractivity contribution < 1.29 is 37.0 Å². The van der Waals surface area contributed by atoms with Crippen LogP contribution >= 0.6 is 0 Å². The minimum atomic E-state index is -4.22. The van der Waals surface area contributed by atoms with Gasteiger partial charge in [0.25, 0.3) is 0 Å². The highest BCUT2D eigenvalue weighted by atomic mass is 32.2. The van der Waals surface area contributed by atoms with Crippen LogP contribution in [0.15, 0.2) is 29.2 Å². The molecule has 1 atom stereocenters. The predicted octanol–water partition coefficient (Wildman–Crippen LogP) is 2.58. The van der Waals surface area contributed by atoms with Crippen molar-refractivity contribution >= 4 is 27.9 Å². The number of carbonyl (C=O) groups excluding carboxylic acids is 3. The largest absolute Gasteiger partial charge is 0.465 e. The van der Waals surface area contributed by atoms with E-state index in [4.69, 9.17) is 9.47 Å². The summed E-state index contributed by atoms with van der Waals surface area (Å²) in [5.74, 6) is -2.11. The van der Waals surface area contributed by atoms with Gasteiger partial charge in [-0.25, -0.2) is 13.2 Å². The van der Waals surface area contributed by atoms with Crippen molar-refractivity contribution in [3.05, 3.63) is 29.8 Å². The van der Waals surface area contributed by atoms with E-state index in [2.05, 4.69) is 9.46 Å². The second kappa shape index (κ2) is 10.2. The van der Waals surface area contributed by atoms with Crippen LogP contribution in [0.3, 0.4) is 0 Å². The molecule has 0 aliphatic heterocycles. The molecule has 174 valence electrons. The van der Waals surface area contributed by atoms with E-state index in [1.54, 1.807) is 41.5 Å². The fourth-order valence-electron chi connectivity index (χ4n) is 2.42. The van der Waals surface area contributed by atoms with Gasteiger partial charge in [-0.15, -0.1) is 0 Å². The van der Waals surface area contributed by atoms with Gasteiger partial charge in [-0.1, -0.05) is 6.07 Å². The minimum Gasteiger partial charge on any atom is -0.465 e. The molecule has 0 aromatic heterocycles. The number of ether oxygens (including phenoxy) is 3. The molecule has 0 heterocycles. The maximum Gasteiger partial charge on any atom is 0.337 e. The Balaban J connectivity index is 3.11. The second-order valence-electron chi connectivity index (χ2n) is 8.85. The summed E-state index contributed by atoms with van der Waals surface area (Å²) in [7, 11) is -3.04. The molecule has 0 saturated carbocycles. The number of rotatable bonds is 8. The number of sulfonamides is 1. The SMILES string of the molecule is COC(=O)c1cccc(S(=O)(=O)N[C@@H](CCC(=O)OC(C)(C)C)C(=O)OC(C)(C)C)c1. The number of hydrogen-bond donors (Lipinski definition) is 1. The third kappa shape index (κ3) is 9.48. The van der Waals surface area contributed by atoms with Crippen molar-refractivity contribution in [2.45, 2.75) is 76.5 Å². The Morgan fingerprint density at radius 1 is 1.00 bits per heavy atom. The molecule has 1 aromatic rings. The predicted molar refractivity (Wildman–Crippen MR) is 113 cm³/mol. The number of methoxy groups -OCH3 is 1. The van der Waals surface area contributed by atoms with E-state index in [0.717, 1.165) is 6.07 Å². The fourth-order valence-corrected chi connectivity index (χ4v) is 3.68. The molecule has 9 nitrogen and oxygen atoms in total. The van der Waals surface area contributed by atoms with Crippen LogP contribution in [0.2, 0.25) is 0 Å². The van der Waals surface area contributed by atoms with Crippen molar-refractivity contribution in [2.24, 2.45) is 0 Å². The Bertz CT molecular complexity index is 910. The van der Waals surface area contributed by atoms with E-state index in [1.165, 1.54) is 25.3 Å². The highest BCUT2D eigenvalue weighted by molar-refractivity contribution is 7.89. The molecule has 31 heavy (non-hydrogen) atoms. The molecule has 1 rings (SSSR count). The van der Waals surface area contributed by atoms with Crippen LogP contribution < -0.4 is 4.72 Å². The molecule has 0 aliphatic carbocycles. The Morgan fingerprint density at radius 3 is 2.10 bits per heavy atom. The summed E-state index contributed by atoms with van der Waals surface area (Å²) >= 11 is 0. The van der Waals surface area contributed by atoms with Crippen LogP contribution in [0.4, 0.5) is 0 Å². The lowest BCUT2D eigenvalue weighted by atomic mass is 10.1. The highest BCUT2D eigenvalue weighted by Crippen LogP contribution is 2.17. The van der Waals surface area contributed by atoms with Gasteiger partial charge in [0, 0.05) is 6.42 Å². The van der Waals surface area contributed by atoms with Gasteiger partial charge >= 0.3 is 17.9 Å². The first-order valence-electron chi connectivity index (χ1n) is 9.69. The summed E-state index contributed by atoms with van der Waals surface area (Å²) in [5.41, 5.74) is -1.54. The van der Waals surface area contributed by atoms with Crippen molar-refractivity contribution in [3.8, 4) is 0 Å². The molecule has 0 saturated heterocycles. The molecule has 0 bridgehead atoms. The van der Waals surface area contributed by atoms with E-state index in [9.17, 15) is 22.8 Å². The standard InChI is InChI=1S/C21H31NO8S/c1-20(2,3)29-17(23)12-11-16(19(25)30-21(4,5)6)22-31(26,27)15-10-8-9-14(13-15)18(24)28-7/h8-10,13,16,22H,11-12H2,1-7H3/t16-/m0/s1. The zero-order valence-corrected chi connectivity index (χ0v) is 19.8. The van der Waals surface area contributed by atoms with Gasteiger partial charge in [0.2, 0.25) is 10.0 Å². The Morgan fingerprint density at radius 2 is 1.58 bits per heavy atom. The van der Waals surface area contributed by atoms with Crippen molar-refractivity contribution in [2.75, 3.05) is 7.11 Å². The molecular weight excluding hydrogens is 426 g/mol. The molecule has 0 amide bonds. The average molecular weight is 458 g/mol. The van der Waals surface area contributed by atoms with E-state index < -0.39 is 45.2 Å². The van der Waals surface area contributed by atoms with E-state index in [0.29, 0.717) is 0 Å².